The first kappa shape index (κ1) is 25.6. The lowest BCUT2D eigenvalue weighted by atomic mass is 10.0. The molecule has 1 heterocycles. The lowest BCUT2D eigenvalue weighted by molar-refractivity contribution is 0.360. The second-order valence-electron chi connectivity index (χ2n) is 8.72. The smallest absolute Gasteiger partial charge is 0.162 e. The minimum absolute atomic E-state index is 0.370. The highest BCUT2D eigenvalue weighted by atomic mass is 19.1. The summed E-state index contributed by atoms with van der Waals surface area (Å²) in [6.45, 7) is 4.81. The van der Waals surface area contributed by atoms with E-state index >= 15 is 0 Å². The van der Waals surface area contributed by atoms with Crippen LogP contribution in [0, 0.1) is 5.82 Å². The summed E-state index contributed by atoms with van der Waals surface area (Å²) < 4.78 is 20.2. The highest BCUT2D eigenvalue weighted by molar-refractivity contribution is 5.64. The normalized spacial score (nSPS) is 11.3. The van der Waals surface area contributed by atoms with Crippen LogP contribution in [0.2, 0.25) is 0 Å². The predicted molar refractivity (Wildman–Crippen MR) is 139 cm³/mol. The van der Waals surface area contributed by atoms with Crippen LogP contribution in [0.5, 0.6) is 5.75 Å². The number of nitrogens with zero attached hydrogens (tertiary/aromatic N) is 2. The zero-order valence-electron chi connectivity index (χ0n) is 20.6. The van der Waals surface area contributed by atoms with Gasteiger partial charge in [-0.25, -0.2) is 14.4 Å². The number of aromatic nitrogens is 2. The van der Waals surface area contributed by atoms with Crippen molar-refractivity contribution in [2.24, 2.45) is 0 Å². The van der Waals surface area contributed by atoms with E-state index in [1.165, 1.54) is 50.2 Å². The molecule has 0 amide bonds. The van der Waals surface area contributed by atoms with E-state index in [0.717, 1.165) is 30.4 Å². The first-order chi connectivity index (χ1) is 16.7. The molecule has 0 aliphatic rings. The van der Waals surface area contributed by atoms with Crippen LogP contribution in [0.4, 0.5) is 4.39 Å². The van der Waals surface area contributed by atoms with Gasteiger partial charge in [0.15, 0.2) is 5.82 Å². The van der Waals surface area contributed by atoms with Gasteiger partial charge in [0.05, 0.1) is 5.56 Å². The Bertz CT molecular complexity index is 1010. The van der Waals surface area contributed by atoms with E-state index in [0.29, 0.717) is 23.7 Å². The van der Waals surface area contributed by atoms with Crippen molar-refractivity contribution in [3.8, 4) is 28.3 Å². The van der Waals surface area contributed by atoms with Crippen molar-refractivity contribution in [2.75, 3.05) is 6.61 Å². The Morgan fingerprint density at radius 2 is 1.53 bits per heavy atom. The fourth-order valence-electron chi connectivity index (χ4n) is 3.85. The maximum absolute atomic E-state index is 14.6. The number of allylic oxidation sites excluding steroid dienone is 1. The zero-order valence-corrected chi connectivity index (χ0v) is 20.6. The molecule has 0 unspecified atom stereocenters. The molecule has 1 aromatic heterocycles. The number of rotatable bonds is 14. The van der Waals surface area contributed by atoms with Crippen LogP contribution in [0.25, 0.3) is 22.5 Å². The summed E-state index contributed by atoms with van der Waals surface area (Å²) in [6, 6.07) is 13.4. The third kappa shape index (κ3) is 8.09. The number of ether oxygens (including phenoxy) is 1. The maximum Gasteiger partial charge on any atom is 0.162 e. The molecule has 0 fully saturated rings. The van der Waals surface area contributed by atoms with Crippen LogP contribution in [0.3, 0.4) is 0 Å². The molecule has 0 saturated heterocycles. The van der Waals surface area contributed by atoms with E-state index in [2.05, 4.69) is 54.2 Å². The van der Waals surface area contributed by atoms with Crippen molar-refractivity contribution in [3.63, 3.8) is 0 Å². The minimum Gasteiger partial charge on any atom is -0.489 e. The van der Waals surface area contributed by atoms with Gasteiger partial charge >= 0.3 is 0 Å². The van der Waals surface area contributed by atoms with Crippen molar-refractivity contribution in [3.05, 3.63) is 78.4 Å². The van der Waals surface area contributed by atoms with Crippen LogP contribution in [0.1, 0.15) is 70.8 Å². The average Bonchev–Trinajstić information content (AvgIpc) is 2.87. The Labute approximate surface area is 204 Å². The van der Waals surface area contributed by atoms with Gasteiger partial charge in [0.1, 0.15) is 18.2 Å². The van der Waals surface area contributed by atoms with Gasteiger partial charge in [-0.3, -0.25) is 0 Å². The van der Waals surface area contributed by atoms with Crippen LogP contribution >= 0.6 is 0 Å². The van der Waals surface area contributed by atoms with Gasteiger partial charge in [0, 0.05) is 24.0 Å². The van der Waals surface area contributed by atoms with E-state index in [1.807, 2.05) is 6.08 Å². The Morgan fingerprint density at radius 3 is 2.24 bits per heavy atom. The Hall–Kier alpha value is -3.01. The van der Waals surface area contributed by atoms with Crippen molar-refractivity contribution in [1.29, 1.82) is 0 Å². The van der Waals surface area contributed by atoms with Gasteiger partial charge < -0.3 is 4.74 Å². The van der Waals surface area contributed by atoms with Gasteiger partial charge in [-0.1, -0.05) is 88.8 Å². The van der Waals surface area contributed by atoms with Crippen LogP contribution < -0.4 is 4.74 Å². The zero-order chi connectivity index (χ0) is 24.0. The Balaban J connectivity index is 1.55. The molecule has 0 aliphatic heterocycles. The second kappa shape index (κ2) is 14.3. The van der Waals surface area contributed by atoms with Crippen molar-refractivity contribution < 1.29 is 9.13 Å². The first-order valence-electron chi connectivity index (χ1n) is 12.7. The van der Waals surface area contributed by atoms with Gasteiger partial charge in [0.25, 0.3) is 0 Å². The van der Waals surface area contributed by atoms with E-state index in [9.17, 15) is 4.39 Å². The molecule has 0 radical (unpaired) electrons. The lowest BCUT2D eigenvalue weighted by Crippen LogP contribution is -1.96. The summed E-state index contributed by atoms with van der Waals surface area (Å²) in [5, 5.41) is 0. The molecule has 3 aromatic rings. The van der Waals surface area contributed by atoms with E-state index in [1.54, 1.807) is 24.5 Å². The highest BCUT2D eigenvalue weighted by Crippen LogP contribution is 2.25. The monoisotopic (exact) mass is 460 g/mol. The minimum atomic E-state index is -0.387. The van der Waals surface area contributed by atoms with Gasteiger partial charge in [-0.2, -0.15) is 0 Å². The van der Waals surface area contributed by atoms with E-state index in [4.69, 9.17) is 4.74 Å². The van der Waals surface area contributed by atoms with E-state index < -0.39 is 0 Å². The third-order valence-electron chi connectivity index (χ3n) is 5.91. The Morgan fingerprint density at radius 1 is 0.794 bits per heavy atom. The molecule has 2 aromatic carbocycles. The molecule has 3 rings (SSSR count). The molecule has 0 saturated carbocycles. The maximum atomic E-state index is 14.6. The largest absolute Gasteiger partial charge is 0.489 e. The molecule has 0 N–H and O–H groups in total. The third-order valence-corrected chi connectivity index (χ3v) is 5.91. The fraction of sp³-hybridized carbons (Fsp3) is 0.400. The summed E-state index contributed by atoms with van der Waals surface area (Å²) in [4.78, 5) is 8.83. The molecule has 0 bridgehead atoms. The van der Waals surface area contributed by atoms with Crippen LogP contribution in [-0.4, -0.2) is 16.6 Å². The summed E-state index contributed by atoms with van der Waals surface area (Å²) in [5.41, 5.74) is 3.73. The average molecular weight is 461 g/mol. The number of halogens is 1. The number of hydrogen-bond donors (Lipinski definition) is 0. The number of hydrogen-bond acceptors (Lipinski definition) is 3. The molecule has 180 valence electrons. The fourth-order valence-corrected chi connectivity index (χ4v) is 3.85. The molecule has 0 spiro atoms. The van der Waals surface area contributed by atoms with E-state index in [-0.39, 0.29) is 5.82 Å². The number of benzene rings is 2. The highest BCUT2D eigenvalue weighted by Gasteiger charge is 2.10. The van der Waals surface area contributed by atoms with Crippen LogP contribution in [0.15, 0.2) is 67.0 Å². The molecule has 0 aliphatic carbocycles. The number of aryl methyl sites for hydroxylation is 1. The molecular formula is C30H37FN2O. The predicted octanol–water partition coefficient (Wildman–Crippen LogP) is 8.59. The van der Waals surface area contributed by atoms with Crippen molar-refractivity contribution in [1.82, 2.24) is 9.97 Å². The quantitative estimate of drug-likeness (QED) is 0.178. The Kier molecular flexibility index (Phi) is 10.8. The summed E-state index contributed by atoms with van der Waals surface area (Å²) in [5.74, 6) is 0.484. The molecular weight excluding hydrogens is 423 g/mol. The molecule has 3 nitrogen and oxygen atoms in total. The molecule has 0 atom stereocenters. The summed E-state index contributed by atoms with van der Waals surface area (Å²) in [6.07, 6.45) is 18.7. The summed E-state index contributed by atoms with van der Waals surface area (Å²) in [7, 11) is 0. The molecule has 34 heavy (non-hydrogen) atoms. The standard InChI is InChI=1S/C30H37FN2O/c1-3-5-7-9-10-11-13-24-14-16-25(17-15-24)26-22-32-30(33-23-26)28-19-18-27(21-29(28)31)34-20-12-8-6-4-2/h8,12,14-19,21-23H,3-7,9-11,13,20H2,1-2H3. The van der Waals surface area contributed by atoms with Gasteiger partial charge in [0.2, 0.25) is 0 Å². The lowest BCUT2D eigenvalue weighted by Gasteiger charge is -2.08. The SMILES string of the molecule is CCCC=CCOc1ccc(-c2ncc(-c3ccc(CCCCCCCC)cc3)cn2)c(F)c1. The van der Waals surface area contributed by atoms with Crippen LogP contribution in [-0.2, 0) is 6.42 Å². The summed E-state index contributed by atoms with van der Waals surface area (Å²) >= 11 is 0. The van der Waals surface area contributed by atoms with Gasteiger partial charge in [-0.05, 0) is 42.5 Å². The first-order valence-corrected chi connectivity index (χ1v) is 12.7. The topological polar surface area (TPSA) is 35.0 Å². The molecule has 4 heteroatoms. The van der Waals surface area contributed by atoms with Gasteiger partial charge in [-0.15, -0.1) is 0 Å². The second-order valence-corrected chi connectivity index (χ2v) is 8.72. The van der Waals surface area contributed by atoms with Crippen molar-refractivity contribution in [2.45, 2.75) is 71.6 Å². The number of unbranched alkanes of at least 4 members (excludes halogenated alkanes) is 6. The van der Waals surface area contributed by atoms with Crippen molar-refractivity contribution >= 4 is 0 Å².